The Morgan fingerprint density at radius 1 is 0.492 bits per heavy atom. The van der Waals surface area contributed by atoms with E-state index in [9.17, 15) is 19.8 Å². The van der Waals surface area contributed by atoms with Crippen LogP contribution in [-0.2, 0) is 14.3 Å². The van der Waals surface area contributed by atoms with Gasteiger partial charge in [0.15, 0.2) is 0 Å². The summed E-state index contributed by atoms with van der Waals surface area (Å²) in [7, 11) is 0. The van der Waals surface area contributed by atoms with Gasteiger partial charge in [-0.1, -0.05) is 234 Å². The topological polar surface area (TPSA) is 95.9 Å². The summed E-state index contributed by atoms with van der Waals surface area (Å²) in [6.07, 6.45) is 62.2. The first-order valence-electron chi connectivity index (χ1n) is 25.4. The van der Waals surface area contributed by atoms with Gasteiger partial charge in [-0.15, -0.1) is 0 Å². The number of rotatable bonds is 44. The number of hydrogen-bond donors (Lipinski definition) is 3. The third-order valence-electron chi connectivity index (χ3n) is 11.1. The highest BCUT2D eigenvalue weighted by Crippen LogP contribution is 2.17. The average Bonchev–Trinajstić information content (AvgIpc) is 3.25. The first-order valence-corrected chi connectivity index (χ1v) is 25.4. The quantitative estimate of drug-likeness (QED) is 0.0246. The second-order valence-electron chi connectivity index (χ2n) is 17.0. The predicted molar refractivity (Wildman–Crippen MR) is 264 cm³/mol. The normalized spacial score (nSPS) is 14.0. The van der Waals surface area contributed by atoms with E-state index >= 15 is 0 Å². The second kappa shape index (κ2) is 48.1. The lowest BCUT2D eigenvalue weighted by molar-refractivity contribution is -0.151. The number of carbonyl (C=O) groups is 2. The van der Waals surface area contributed by atoms with Gasteiger partial charge in [0, 0.05) is 6.42 Å². The number of esters is 1. The number of aliphatic hydroxyl groups is 2. The van der Waals surface area contributed by atoms with Crippen molar-refractivity contribution in [3.05, 3.63) is 85.1 Å². The zero-order valence-electron chi connectivity index (χ0n) is 39.8. The Kier molecular flexibility index (Phi) is 45.7. The van der Waals surface area contributed by atoms with Crippen LogP contribution in [0, 0.1) is 0 Å². The molecule has 0 bridgehead atoms. The van der Waals surface area contributed by atoms with Gasteiger partial charge < -0.3 is 20.3 Å². The van der Waals surface area contributed by atoms with Gasteiger partial charge in [-0.25, -0.2) is 0 Å². The Morgan fingerprint density at radius 3 is 1.41 bits per heavy atom. The van der Waals surface area contributed by atoms with E-state index in [2.05, 4.69) is 50.4 Å². The number of aliphatic hydroxyl groups excluding tert-OH is 2. The average molecular weight is 850 g/mol. The van der Waals surface area contributed by atoms with E-state index in [1.165, 1.54) is 122 Å². The van der Waals surface area contributed by atoms with Crippen LogP contribution in [0.2, 0.25) is 0 Å². The molecule has 3 N–H and O–H groups in total. The molecular formula is C55H95NO5. The van der Waals surface area contributed by atoms with Crippen molar-refractivity contribution in [2.24, 2.45) is 0 Å². The molecule has 3 atom stereocenters. The molecule has 0 aliphatic heterocycles. The van der Waals surface area contributed by atoms with Gasteiger partial charge in [-0.05, 0) is 64.2 Å². The Morgan fingerprint density at radius 2 is 0.918 bits per heavy atom. The maximum Gasteiger partial charge on any atom is 0.306 e. The largest absolute Gasteiger partial charge is 0.462 e. The molecule has 0 radical (unpaired) electrons. The Labute approximate surface area is 376 Å². The van der Waals surface area contributed by atoms with E-state index in [0.29, 0.717) is 19.3 Å². The summed E-state index contributed by atoms with van der Waals surface area (Å²) >= 11 is 0. The van der Waals surface area contributed by atoms with E-state index in [4.69, 9.17) is 4.74 Å². The van der Waals surface area contributed by atoms with Crippen LogP contribution in [0.15, 0.2) is 85.1 Å². The second-order valence-corrected chi connectivity index (χ2v) is 17.0. The molecule has 0 saturated heterocycles. The monoisotopic (exact) mass is 850 g/mol. The fourth-order valence-electron chi connectivity index (χ4n) is 7.29. The molecular weight excluding hydrogens is 755 g/mol. The molecule has 0 aliphatic rings. The van der Waals surface area contributed by atoms with Crippen molar-refractivity contribution in [3.8, 4) is 0 Å². The number of nitrogens with one attached hydrogen (secondary N) is 1. The van der Waals surface area contributed by atoms with Gasteiger partial charge in [-0.3, -0.25) is 9.59 Å². The molecule has 0 aromatic rings. The maximum absolute atomic E-state index is 13.2. The van der Waals surface area contributed by atoms with Crippen molar-refractivity contribution < 1.29 is 24.5 Å². The number of hydrogen-bond acceptors (Lipinski definition) is 5. The van der Waals surface area contributed by atoms with Crippen molar-refractivity contribution in [2.45, 2.75) is 244 Å². The molecule has 0 aliphatic carbocycles. The van der Waals surface area contributed by atoms with E-state index in [1.54, 1.807) is 0 Å². The van der Waals surface area contributed by atoms with Crippen molar-refractivity contribution in [1.82, 2.24) is 5.32 Å². The lowest BCUT2D eigenvalue weighted by Crippen LogP contribution is -2.46. The van der Waals surface area contributed by atoms with Gasteiger partial charge >= 0.3 is 5.97 Å². The van der Waals surface area contributed by atoms with Crippen LogP contribution in [-0.4, -0.2) is 46.9 Å². The number of unbranched alkanes of at least 4 members (excludes halogenated alkanes) is 23. The predicted octanol–water partition coefficient (Wildman–Crippen LogP) is 15.2. The third-order valence-corrected chi connectivity index (χ3v) is 11.1. The Hall–Kier alpha value is -2.96. The van der Waals surface area contributed by atoms with Crippen LogP contribution < -0.4 is 5.32 Å². The highest BCUT2D eigenvalue weighted by Gasteiger charge is 2.24. The van der Waals surface area contributed by atoms with E-state index < -0.39 is 18.2 Å². The maximum atomic E-state index is 13.2. The minimum absolute atomic E-state index is 0.0213. The molecule has 6 heteroatoms. The van der Waals surface area contributed by atoms with E-state index in [0.717, 1.165) is 57.8 Å². The van der Waals surface area contributed by atoms with Crippen molar-refractivity contribution in [1.29, 1.82) is 0 Å². The van der Waals surface area contributed by atoms with Gasteiger partial charge in [0.2, 0.25) is 5.91 Å². The molecule has 0 aromatic heterocycles. The van der Waals surface area contributed by atoms with Crippen LogP contribution in [0.4, 0.5) is 0 Å². The SMILES string of the molecule is CC\C=C/C=C/C=C/C=C\C=C\C=C\CCCC(CC(=O)NC(CO)C(O)CCCCCCCCCCCC)OC(=O)CCCCCCCCC/C=C/CCCCCCCC. The van der Waals surface area contributed by atoms with Crippen LogP contribution in [0.3, 0.4) is 0 Å². The minimum atomic E-state index is -0.811. The summed E-state index contributed by atoms with van der Waals surface area (Å²) in [5.41, 5.74) is 0. The van der Waals surface area contributed by atoms with Crippen molar-refractivity contribution in [2.75, 3.05) is 6.61 Å². The number of amides is 1. The molecule has 0 heterocycles. The lowest BCUT2D eigenvalue weighted by Gasteiger charge is -2.24. The summed E-state index contributed by atoms with van der Waals surface area (Å²) in [5.74, 6) is -0.558. The number of ether oxygens (including phenoxy) is 1. The summed E-state index contributed by atoms with van der Waals surface area (Å²) in [6.45, 7) is 6.29. The summed E-state index contributed by atoms with van der Waals surface area (Å²) in [4.78, 5) is 26.1. The number of allylic oxidation sites excluding steroid dienone is 14. The zero-order chi connectivity index (χ0) is 44.5. The van der Waals surface area contributed by atoms with Gasteiger partial charge in [0.1, 0.15) is 6.10 Å². The third kappa shape index (κ3) is 43.5. The highest BCUT2D eigenvalue weighted by molar-refractivity contribution is 5.77. The van der Waals surface area contributed by atoms with Crippen LogP contribution in [0.25, 0.3) is 0 Å². The highest BCUT2D eigenvalue weighted by atomic mass is 16.5. The fraction of sp³-hybridized carbons (Fsp3) is 0.709. The van der Waals surface area contributed by atoms with Crippen LogP contribution >= 0.6 is 0 Å². The van der Waals surface area contributed by atoms with Gasteiger partial charge in [0.25, 0.3) is 0 Å². The van der Waals surface area contributed by atoms with Crippen molar-refractivity contribution in [3.63, 3.8) is 0 Å². The van der Waals surface area contributed by atoms with Gasteiger partial charge in [0.05, 0.1) is 25.2 Å². The molecule has 0 fully saturated rings. The lowest BCUT2D eigenvalue weighted by atomic mass is 10.0. The van der Waals surface area contributed by atoms with E-state index in [-0.39, 0.29) is 24.9 Å². The zero-order valence-corrected chi connectivity index (χ0v) is 39.8. The fourth-order valence-corrected chi connectivity index (χ4v) is 7.29. The first kappa shape index (κ1) is 58.0. The molecule has 61 heavy (non-hydrogen) atoms. The number of carbonyl (C=O) groups excluding carboxylic acids is 2. The molecule has 0 aromatic carbocycles. The standard InChI is InChI=1S/C55H95NO5/c1-4-7-10-13-16-19-22-24-26-27-29-31-33-36-39-42-45-48-55(60)61-51(46-43-40-37-34-32-30-28-25-23-20-17-14-11-8-5-2)49-54(59)56-52(50-57)53(58)47-44-41-38-35-21-18-15-12-9-6-3/h8,11,14,17,20,23-26,28,30,32,34,37,51-53,57-58H,4-7,9-10,12-13,15-16,18-19,21-22,27,29,31,33,35-36,38-50H2,1-3H3,(H,56,59)/b11-8-,17-14+,23-20+,26-24+,28-25-,32-30+,37-34+. The molecule has 0 saturated carbocycles. The summed E-state index contributed by atoms with van der Waals surface area (Å²) in [5, 5.41) is 23.7. The molecule has 0 spiro atoms. The van der Waals surface area contributed by atoms with Crippen molar-refractivity contribution >= 4 is 11.9 Å². The summed E-state index contributed by atoms with van der Waals surface area (Å²) in [6, 6.07) is -0.729. The molecule has 350 valence electrons. The summed E-state index contributed by atoms with van der Waals surface area (Å²) < 4.78 is 5.89. The molecule has 3 unspecified atom stereocenters. The molecule has 0 rings (SSSR count). The Bertz CT molecular complexity index is 1180. The van der Waals surface area contributed by atoms with Crippen LogP contribution in [0.1, 0.15) is 226 Å². The Balaban J connectivity index is 4.72. The van der Waals surface area contributed by atoms with Crippen LogP contribution in [0.5, 0.6) is 0 Å². The minimum Gasteiger partial charge on any atom is -0.462 e. The first-order chi connectivity index (χ1) is 30.0. The van der Waals surface area contributed by atoms with Gasteiger partial charge in [-0.2, -0.15) is 0 Å². The van der Waals surface area contributed by atoms with E-state index in [1.807, 2.05) is 60.8 Å². The molecule has 6 nitrogen and oxygen atoms in total. The molecule has 1 amide bonds. The smallest absolute Gasteiger partial charge is 0.306 e.